The number of aliphatic hydroxyl groups excluding tert-OH is 1. The van der Waals surface area contributed by atoms with Crippen LogP contribution in [0.1, 0.15) is 55.7 Å². The quantitative estimate of drug-likeness (QED) is 0.874. The molecule has 1 aliphatic carbocycles. The molecule has 1 aromatic rings. The average molecular weight is 310 g/mol. The molecule has 1 aromatic carbocycles. The molecule has 2 N–H and O–H groups in total. The van der Waals surface area contributed by atoms with Crippen molar-refractivity contribution in [3.8, 4) is 5.75 Å². The van der Waals surface area contributed by atoms with Crippen molar-refractivity contribution in [2.24, 2.45) is 0 Å². The maximum Gasteiger partial charge on any atom is 0.142 e. The van der Waals surface area contributed by atoms with Gasteiger partial charge >= 0.3 is 0 Å². The number of aryl methyl sites for hydroxylation is 1. The molecule has 1 heterocycles. The fourth-order valence-corrected chi connectivity index (χ4v) is 3.82. The molecule has 2 aliphatic rings. The summed E-state index contributed by atoms with van der Waals surface area (Å²) in [5.74, 6) is 0.855. The Bertz CT molecular complexity index is 498. The van der Waals surface area contributed by atoms with E-state index in [1.807, 2.05) is 6.07 Å². The molecule has 1 saturated carbocycles. The van der Waals surface area contributed by atoms with E-state index >= 15 is 0 Å². The molecule has 1 unspecified atom stereocenters. The maximum atomic E-state index is 9.64. The second-order valence-corrected chi connectivity index (χ2v) is 6.79. The Morgan fingerprint density at radius 2 is 1.95 bits per heavy atom. The van der Waals surface area contributed by atoms with Crippen molar-refractivity contribution >= 4 is 11.6 Å². The average Bonchev–Trinajstić information content (AvgIpc) is 2.64. The number of hydrogen-bond donors (Lipinski definition) is 2. The second kappa shape index (κ2) is 6.55. The number of fused-ring (bicyclic) bond motifs is 1. The number of benzene rings is 1. The Morgan fingerprint density at radius 1 is 1.19 bits per heavy atom. The number of halogens is 1. The summed E-state index contributed by atoms with van der Waals surface area (Å²) in [7, 11) is 0. The van der Waals surface area contributed by atoms with Crippen LogP contribution in [0.25, 0.3) is 0 Å². The molecule has 116 valence electrons. The van der Waals surface area contributed by atoms with E-state index in [4.69, 9.17) is 16.3 Å². The van der Waals surface area contributed by atoms with Gasteiger partial charge in [-0.15, -0.1) is 0 Å². The molecule has 3 nitrogen and oxygen atoms in total. The predicted octanol–water partition coefficient (Wildman–Crippen LogP) is 3.76. The first kappa shape index (κ1) is 15.1. The Morgan fingerprint density at radius 3 is 2.71 bits per heavy atom. The zero-order chi connectivity index (χ0) is 14.8. The van der Waals surface area contributed by atoms with E-state index in [1.165, 1.54) is 11.1 Å². The Balaban J connectivity index is 1.80. The van der Waals surface area contributed by atoms with Gasteiger partial charge in [0.2, 0.25) is 0 Å². The Labute approximate surface area is 131 Å². The number of aliphatic hydroxyl groups is 1. The molecule has 21 heavy (non-hydrogen) atoms. The summed E-state index contributed by atoms with van der Waals surface area (Å²) in [4.78, 5) is 0. The SMILES string of the molecule is Cc1cc(Cl)c2c(c1)C(NC1CCC(O)CC1)CCCO2. The first-order valence-electron chi connectivity index (χ1n) is 8.00. The lowest BCUT2D eigenvalue weighted by Crippen LogP contribution is -2.37. The highest BCUT2D eigenvalue weighted by Gasteiger charge is 2.26. The van der Waals surface area contributed by atoms with E-state index in [9.17, 15) is 5.11 Å². The van der Waals surface area contributed by atoms with Gasteiger partial charge in [0.1, 0.15) is 5.75 Å². The first-order valence-corrected chi connectivity index (χ1v) is 8.38. The molecule has 0 bridgehead atoms. The van der Waals surface area contributed by atoms with Crippen molar-refractivity contribution in [3.63, 3.8) is 0 Å². The van der Waals surface area contributed by atoms with Crippen LogP contribution in [0.3, 0.4) is 0 Å². The Hall–Kier alpha value is -0.770. The largest absolute Gasteiger partial charge is 0.492 e. The zero-order valence-corrected chi connectivity index (χ0v) is 13.3. The van der Waals surface area contributed by atoms with Gasteiger partial charge in [0.25, 0.3) is 0 Å². The molecule has 1 aliphatic heterocycles. The lowest BCUT2D eigenvalue weighted by molar-refractivity contribution is 0.114. The van der Waals surface area contributed by atoms with Crippen LogP contribution in [0.5, 0.6) is 5.75 Å². The smallest absolute Gasteiger partial charge is 0.142 e. The minimum Gasteiger partial charge on any atom is -0.492 e. The topological polar surface area (TPSA) is 41.5 Å². The van der Waals surface area contributed by atoms with Gasteiger partial charge in [-0.3, -0.25) is 0 Å². The van der Waals surface area contributed by atoms with E-state index < -0.39 is 0 Å². The second-order valence-electron chi connectivity index (χ2n) is 6.38. The monoisotopic (exact) mass is 309 g/mol. The summed E-state index contributed by atoms with van der Waals surface area (Å²) >= 11 is 6.36. The predicted molar refractivity (Wildman–Crippen MR) is 85.1 cm³/mol. The van der Waals surface area contributed by atoms with Gasteiger partial charge < -0.3 is 15.2 Å². The summed E-state index contributed by atoms with van der Waals surface area (Å²) in [6.45, 7) is 2.81. The van der Waals surface area contributed by atoms with Crippen LogP contribution in [-0.4, -0.2) is 23.9 Å². The van der Waals surface area contributed by atoms with Crippen LogP contribution in [-0.2, 0) is 0 Å². The van der Waals surface area contributed by atoms with Crippen molar-refractivity contribution < 1.29 is 9.84 Å². The van der Waals surface area contributed by atoms with Crippen molar-refractivity contribution in [1.82, 2.24) is 5.32 Å². The van der Waals surface area contributed by atoms with Gasteiger partial charge in [-0.05, 0) is 57.1 Å². The fourth-order valence-electron chi connectivity index (χ4n) is 3.48. The van der Waals surface area contributed by atoms with Gasteiger partial charge in [-0.1, -0.05) is 17.7 Å². The summed E-state index contributed by atoms with van der Waals surface area (Å²) in [5.41, 5.74) is 2.37. The minimum absolute atomic E-state index is 0.107. The van der Waals surface area contributed by atoms with Gasteiger partial charge in [0.15, 0.2) is 0 Å². The van der Waals surface area contributed by atoms with Crippen LogP contribution in [0.2, 0.25) is 5.02 Å². The van der Waals surface area contributed by atoms with Crippen molar-refractivity contribution in [3.05, 3.63) is 28.3 Å². The van der Waals surface area contributed by atoms with Gasteiger partial charge in [0.05, 0.1) is 17.7 Å². The highest BCUT2D eigenvalue weighted by Crippen LogP contribution is 2.38. The highest BCUT2D eigenvalue weighted by atomic mass is 35.5. The standard InChI is InChI=1S/C17H24ClNO2/c1-11-9-14-16(19-12-4-6-13(20)7-5-12)3-2-8-21-17(14)15(18)10-11/h9-10,12-13,16,19-20H,2-8H2,1H3. The van der Waals surface area contributed by atoms with Crippen LogP contribution < -0.4 is 10.1 Å². The van der Waals surface area contributed by atoms with Gasteiger partial charge in [-0.2, -0.15) is 0 Å². The molecular formula is C17H24ClNO2. The summed E-state index contributed by atoms with van der Waals surface area (Å²) < 4.78 is 5.86. The third kappa shape index (κ3) is 3.53. The molecule has 4 heteroatoms. The van der Waals surface area contributed by atoms with E-state index in [0.717, 1.165) is 55.9 Å². The summed E-state index contributed by atoms with van der Waals surface area (Å²) in [6.07, 6.45) is 5.92. The molecule has 0 radical (unpaired) electrons. The molecule has 1 atom stereocenters. The molecule has 1 fully saturated rings. The van der Waals surface area contributed by atoms with E-state index in [1.54, 1.807) is 0 Å². The molecular weight excluding hydrogens is 286 g/mol. The molecule has 0 aromatic heterocycles. The first-order chi connectivity index (χ1) is 10.1. The molecule has 3 rings (SSSR count). The van der Waals surface area contributed by atoms with E-state index in [-0.39, 0.29) is 6.10 Å². The molecule has 0 spiro atoms. The molecule has 0 amide bonds. The van der Waals surface area contributed by atoms with Crippen LogP contribution in [0.4, 0.5) is 0 Å². The number of nitrogens with one attached hydrogen (secondary N) is 1. The number of ether oxygens (including phenoxy) is 1. The van der Waals surface area contributed by atoms with Crippen molar-refractivity contribution in [2.45, 2.75) is 63.6 Å². The minimum atomic E-state index is -0.107. The maximum absolute atomic E-state index is 9.64. The highest BCUT2D eigenvalue weighted by molar-refractivity contribution is 6.32. The lowest BCUT2D eigenvalue weighted by atomic mass is 9.91. The summed E-state index contributed by atoms with van der Waals surface area (Å²) in [6, 6.07) is 4.96. The summed E-state index contributed by atoms with van der Waals surface area (Å²) in [5, 5.41) is 14.1. The van der Waals surface area contributed by atoms with Gasteiger partial charge in [0, 0.05) is 17.6 Å². The third-order valence-electron chi connectivity index (χ3n) is 4.61. The van der Waals surface area contributed by atoms with E-state index in [2.05, 4.69) is 18.3 Å². The number of hydrogen-bond acceptors (Lipinski definition) is 3. The van der Waals surface area contributed by atoms with Crippen LogP contribution in [0, 0.1) is 6.92 Å². The lowest BCUT2D eigenvalue weighted by Gasteiger charge is -2.30. The molecule has 0 saturated heterocycles. The van der Waals surface area contributed by atoms with Crippen molar-refractivity contribution in [1.29, 1.82) is 0 Å². The third-order valence-corrected chi connectivity index (χ3v) is 4.89. The number of rotatable bonds is 2. The van der Waals surface area contributed by atoms with Gasteiger partial charge in [-0.25, -0.2) is 0 Å². The fraction of sp³-hybridized carbons (Fsp3) is 0.647. The van der Waals surface area contributed by atoms with Crippen LogP contribution in [0.15, 0.2) is 12.1 Å². The zero-order valence-electron chi connectivity index (χ0n) is 12.6. The van der Waals surface area contributed by atoms with E-state index in [0.29, 0.717) is 12.1 Å². The van der Waals surface area contributed by atoms with Crippen molar-refractivity contribution in [2.75, 3.05) is 6.61 Å². The normalized spacial score (nSPS) is 29.4. The Kier molecular flexibility index (Phi) is 4.72. The van der Waals surface area contributed by atoms with Crippen LogP contribution >= 0.6 is 11.6 Å².